The lowest BCUT2D eigenvalue weighted by Crippen LogP contribution is -2.34. The summed E-state index contributed by atoms with van der Waals surface area (Å²) in [6, 6.07) is 1.88. The third-order valence-corrected chi connectivity index (χ3v) is 2.73. The van der Waals surface area contributed by atoms with Gasteiger partial charge in [-0.2, -0.15) is 13.2 Å². The van der Waals surface area contributed by atoms with Crippen LogP contribution in [-0.4, -0.2) is 30.2 Å². The van der Waals surface area contributed by atoms with Gasteiger partial charge < -0.3 is 9.73 Å². The molecule has 1 aromatic rings. The molecular weight excluding hydrogens is 269 g/mol. The Kier molecular flexibility index (Phi) is 5.65. The van der Waals surface area contributed by atoms with Gasteiger partial charge in [0.15, 0.2) is 0 Å². The lowest BCUT2D eigenvalue weighted by Gasteiger charge is -2.19. The zero-order chi connectivity index (χ0) is 15.4. The molecule has 0 saturated heterocycles. The molecule has 0 unspecified atom stereocenters. The quantitative estimate of drug-likeness (QED) is 0.869. The molecule has 1 rings (SSSR count). The molecule has 0 saturated carbocycles. The first-order valence-corrected chi connectivity index (χ1v) is 6.62. The van der Waals surface area contributed by atoms with E-state index in [1.807, 2.05) is 6.07 Å². The minimum atomic E-state index is -4.11. The number of alkyl halides is 3. The molecule has 116 valence electrons. The Morgan fingerprint density at radius 2 is 1.90 bits per heavy atom. The van der Waals surface area contributed by atoms with Crippen molar-refractivity contribution in [1.29, 1.82) is 0 Å². The van der Waals surface area contributed by atoms with Crippen LogP contribution in [-0.2, 0) is 13.1 Å². The third-order valence-electron chi connectivity index (χ3n) is 2.73. The molecule has 0 bridgehead atoms. The monoisotopic (exact) mass is 292 g/mol. The van der Waals surface area contributed by atoms with E-state index in [0.717, 1.165) is 5.56 Å². The van der Waals surface area contributed by atoms with Gasteiger partial charge in [0, 0.05) is 24.2 Å². The first-order chi connectivity index (χ1) is 9.05. The Labute approximate surface area is 118 Å². The van der Waals surface area contributed by atoms with Crippen LogP contribution < -0.4 is 5.32 Å². The highest BCUT2D eigenvalue weighted by Gasteiger charge is 2.27. The lowest BCUT2D eigenvalue weighted by molar-refractivity contribution is -0.137. The standard InChI is InChI=1S/C14H23F3N2O/c1-13(2,3)18-8-11-7-12(20-10-11)9-19(4)6-5-14(15,16)17/h7,10,18H,5-6,8-9H2,1-4H3. The predicted molar refractivity (Wildman–Crippen MR) is 72.3 cm³/mol. The molecular formula is C14H23F3N2O. The van der Waals surface area contributed by atoms with E-state index in [4.69, 9.17) is 4.42 Å². The van der Waals surface area contributed by atoms with Gasteiger partial charge in [0.1, 0.15) is 5.76 Å². The molecule has 0 aromatic carbocycles. The van der Waals surface area contributed by atoms with Crippen molar-refractivity contribution in [1.82, 2.24) is 10.2 Å². The summed E-state index contributed by atoms with van der Waals surface area (Å²) in [6.45, 7) is 7.24. The predicted octanol–water partition coefficient (Wildman–Crippen LogP) is 3.55. The van der Waals surface area contributed by atoms with Gasteiger partial charge in [0.05, 0.1) is 19.2 Å². The molecule has 0 aliphatic carbocycles. The number of furan rings is 1. The summed E-state index contributed by atoms with van der Waals surface area (Å²) in [6.07, 6.45) is -3.27. The molecule has 0 amide bonds. The van der Waals surface area contributed by atoms with E-state index in [1.165, 1.54) is 0 Å². The van der Waals surface area contributed by atoms with E-state index in [-0.39, 0.29) is 12.1 Å². The third kappa shape index (κ3) is 7.55. The second-order valence-corrected chi connectivity index (χ2v) is 6.13. The summed E-state index contributed by atoms with van der Waals surface area (Å²) in [7, 11) is 1.65. The van der Waals surface area contributed by atoms with Crippen LogP contribution in [0.25, 0.3) is 0 Å². The van der Waals surface area contributed by atoms with Crippen LogP contribution in [0.5, 0.6) is 0 Å². The van der Waals surface area contributed by atoms with E-state index in [1.54, 1.807) is 18.2 Å². The van der Waals surface area contributed by atoms with Gasteiger partial charge in [-0.1, -0.05) is 0 Å². The van der Waals surface area contributed by atoms with E-state index >= 15 is 0 Å². The average Bonchev–Trinajstić information content (AvgIpc) is 2.70. The fourth-order valence-corrected chi connectivity index (χ4v) is 1.63. The van der Waals surface area contributed by atoms with Gasteiger partial charge in [-0.3, -0.25) is 4.90 Å². The van der Waals surface area contributed by atoms with Crippen molar-refractivity contribution in [2.45, 2.75) is 52.0 Å². The van der Waals surface area contributed by atoms with Gasteiger partial charge in [0.2, 0.25) is 0 Å². The summed E-state index contributed by atoms with van der Waals surface area (Å²) in [4.78, 5) is 1.60. The topological polar surface area (TPSA) is 28.4 Å². The van der Waals surface area contributed by atoms with Gasteiger partial charge in [-0.05, 0) is 33.9 Å². The van der Waals surface area contributed by atoms with Crippen molar-refractivity contribution in [3.8, 4) is 0 Å². The summed E-state index contributed by atoms with van der Waals surface area (Å²) >= 11 is 0. The van der Waals surface area contributed by atoms with Gasteiger partial charge in [0.25, 0.3) is 0 Å². The lowest BCUT2D eigenvalue weighted by atomic mass is 10.1. The SMILES string of the molecule is CN(CCC(F)(F)F)Cc1cc(CNC(C)(C)C)co1. The first kappa shape index (κ1) is 17.0. The Bertz CT molecular complexity index is 407. The second kappa shape index (κ2) is 6.63. The van der Waals surface area contributed by atoms with Gasteiger partial charge >= 0.3 is 6.18 Å². The molecule has 0 spiro atoms. The minimum absolute atomic E-state index is 0.0148. The maximum absolute atomic E-state index is 12.1. The molecule has 3 nitrogen and oxygen atoms in total. The molecule has 0 fully saturated rings. The average molecular weight is 292 g/mol. The Hall–Kier alpha value is -1.01. The molecule has 6 heteroatoms. The van der Waals surface area contributed by atoms with E-state index in [9.17, 15) is 13.2 Å². The summed E-state index contributed by atoms with van der Waals surface area (Å²) in [5, 5.41) is 3.33. The van der Waals surface area contributed by atoms with E-state index in [0.29, 0.717) is 18.8 Å². The van der Waals surface area contributed by atoms with Gasteiger partial charge in [-0.15, -0.1) is 0 Å². The number of hydrogen-bond acceptors (Lipinski definition) is 3. The highest BCUT2D eigenvalue weighted by atomic mass is 19.4. The van der Waals surface area contributed by atoms with E-state index < -0.39 is 12.6 Å². The fraction of sp³-hybridized carbons (Fsp3) is 0.714. The maximum Gasteiger partial charge on any atom is 0.390 e. The number of rotatable bonds is 6. The Morgan fingerprint density at radius 1 is 1.25 bits per heavy atom. The minimum Gasteiger partial charge on any atom is -0.468 e. The smallest absolute Gasteiger partial charge is 0.390 e. The second-order valence-electron chi connectivity index (χ2n) is 6.13. The van der Waals surface area contributed by atoms with Crippen molar-refractivity contribution < 1.29 is 17.6 Å². The number of halogens is 3. The summed E-state index contributed by atoms with van der Waals surface area (Å²) in [5.74, 6) is 0.681. The summed E-state index contributed by atoms with van der Waals surface area (Å²) < 4.78 is 41.7. The molecule has 1 aromatic heterocycles. The van der Waals surface area contributed by atoms with Crippen LogP contribution in [0.1, 0.15) is 38.5 Å². The molecule has 1 heterocycles. The van der Waals surface area contributed by atoms with Crippen molar-refractivity contribution in [3.63, 3.8) is 0 Å². The number of hydrogen-bond donors (Lipinski definition) is 1. The molecule has 0 radical (unpaired) electrons. The van der Waals surface area contributed by atoms with Crippen molar-refractivity contribution in [3.05, 3.63) is 23.7 Å². The summed E-state index contributed by atoms with van der Waals surface area (Å²) in [5.41, 5.74) is 1.01. The highest BCUT2D eigenvalue weighted by molar-refractivity contribution is 5.12. The number of nitrogens with one attached hydrogen (secondary N) is 1. The zero-order valence-electron chi connectivity index (χ0n) is 12.5. The first-order valence-electron chi connectivity index (χ1n) is 6.62. The molecule has 0 atom stereocenters. The maximum atomic E-state index is 12.1. The molecule has 1 N–H and O–H groups in total. The van der Waals surface area contributed by atoms with Crippen molar-refractivity contribution in [2.75, 3.05) is 13.6 Å². The van der Waals surface area contributed by atoms with E-state index in [2.05, 4.69) is 26.1 Å². The molecule has 0 aliphatic heterocycles. The largest absolute Gasteiger partial charge is 0.468 e. The fourth-order valence-electron chi connectivity index (χ4n) is 1.63. The van der Waals surface area contributed by atoms with Crippen LogP contribution >= 0.6 is 0 Å². The van der Waals surface area contributed by atoms with Gasteiger partial charge in [-0.25, -0.2) is 0 Å². The van der Waals surface area contributed by atoms with Crippen LogP contribution in [0.15, 0.2) is 16.7 Å². The van der Waals surface area contributed by atoms with Crippen LogP contribution in [0.2, 0.25) is 0 Å². The van der Waals surface area contributed by atoms with Crippen LogP contribution in [0, 0.1) is 0 Å². The Balaban J connectivity index is 2.40. The van der Waals surface area contributed by atoms with Crippen LogP contribution in [0.4, 0.5) is 13.2 Å². The molecule has 0 aliphatic rings. The van der Waals surface area contributed by atoms with Crippen LogP contribution in [0.3, 0.4) is 0 Å². The highest BCUT2D eigenvalue weighted by Crippen LogP contribution is 2.20. The van der Waals surface area contributed by atoms with Crippen molar-refractivity contribution >= 4 is 0 Å². The molecule has 20 heavy (non-hydrogen) atoms. The van der Waals surface area contributed by atoms with Crippen molar-refractivity contribution in [2.24, 2.45) is 0 Å². The normalized spacial score (nSPS) is 13.2. The zero-order valence-corrected chi connectivity index (χ0v) is 12.5. The number of nitrogens with zero attached hydrogens (tertiary/aromatic N) is 1. The Morgan fingerprint density at radius 3 is 2.45 bits per heavy atom.